The van der Waals surface area contributed by atoms with Crippen LogP contribution in [-0.4, -0.2) is 36.7 Å². The quantitative estimate of drug-likeness (QED) is 0.0763. The van der Waals surface area contributed by atoms with E-state index in [-0.39, 0.29) is 36.5 Å². The van der Waals surface area contributed by atoms with Crippen molar-refractivity contribution in [1.82, 2.24) is 0 Å². The smallest absolute Gasteiger partial charge is 0.162 e. The predicted molar refractivity (Wildman–Crippen MR) is 206 cm³/mol. The first-order valence-electron chi connectivity index (χ1n) is 16.9. The maximum atomic E-state index is 12.9. The van der Waals surface area contributed by atoms with Crippen LogP contribution in [0, 0.1) is 23.3 Å². The summed E-state index contributed by atoms with van der Waals surface area (Å²) in [5.41, 5.74) is 2.61. The van der Waals surface area contributed by atoms with Gasteiger partial charge < -0.3 is 9.67 Å². The van der Waals surface area contributed by atoms with Crippen molar-refractivity contribution in [2.24, 2.45) is 0 Å². The fourth-order valence-electron chi connectivity index (χ4n) is 4.11. The molecule has 4 rings (SSSR count). The third kappa shape index (κ3) is 23.3. The lowest BCUT2D eigenvalue weighted by Gasteiger charge is -2.13. The molecule has 9 heteroatoms. The average molecular weight is 733 g/mol. The minimum Gasteiger partial charge on any atom is -0.388 e. The van der Waals surface area contributed by atoms with Gasteiger partial charge in [-0.15, -0.1) is 0 Å². The maximum Gasteiger partial charge on any atom is 0.162 e. The molecule has 0 saturated heterocycles. The first-order valence-corrected chi connectivity index (χ1v) is 19.6. The Morgan fingerprint density at radius 1 is 0.706 bits per heavy atom. The van der Waals surface area contributed by atoms with Crippen molar-refractivity contribution in [2.45, 2.75) is 86.2 Å². The molecule has 4 nitrogen and oxygen atoms in total. The molecule has 0 bridgehead atoms. The summed E-state index contributed by atoms with van der Waals surface area (Å²) < 4.78 is 60.7. The van der Waals surface area contributed by atoms with Gasteiger partial charge in [-0.3, -0.25) is 9.59 Å². The van der Waals surface area contributed by atoms with Crippen molar-refractivity contribution in [1.29, 1.82) is 0 Å². The number of ketones is 1. The van der Waals surface area contributed by atoms with Gasteiger partial charge in [-0.1, -0.05) is 97.0 Å². The highest BCUT2D eigenvalue weighted by Gasteiger charge is 2.08. The molecular weight excluding hydrogens is 675 g/mol. The van der Waals surface area contributed by atoms with Crippen LogP contribution >= 0.6 is 7.14 Å². The Morgan fingerprint density at radius 2 is 1.16 bits per heavy atom. The first-order chi connectivity index (χ1) is 23.6. The molecule has 0 spiro atoms. The maximum absolute atomic E-state index is 12.9. The molecule has 2 unspecified atom stereocenters. The zero-order valence-electron chi connectivity index (χ0n) is 30.3. The van der Waals surface area contributed by atoms with Crippen LogP contribution in [0.2, 0.25) is 0 Å². The summed E-state index contributed by atoms with van der Waals surface area (Å²) in [4.78, 5) is 21.0. The van der Waals surface area contributed by atoms with E-state index in [0.717, 1.165) is 31.0 Å². The lowest BCUT2D eigenvalue weighted by Crippen LogP contribution is -1.96. The van der Waals surface area contributed by atoms with E-state index in [1.807, 2.05) is 19.9 Å². The van der Waals surface area contributed by atoms with E-state index in [1.54, 1.807) is 56.7 Å². The number of carbonyl (C=O) groups excluding carboxylic acids is 2. The van der Waals surface area contributed by atoms with Crippen molar-refractivity contribution in [3.63, 3.8) is 0 Å². The van der Waals surface area contributed by atoms with Crippen LogP contribution in [0.15, 0.2) is 97.1 Å². The topological polar surface area (TPSA) is 71.4 Å². The second-order valence-electron chi connectivity index (χ2n) is 11.8. The fourth-order valence-corrected chi connectivity index (χ4v) is 4.11. The molecule has 0 aliphatic heterocycles. The molecular formula is C42H57F4O4P. The normalized spacial score (nSPS) is 11.1. The highest BCUT2D eigenvalue weighted by atomic mass is 31.2. The SMILES string of the molecule is C.CCC(=O)c1cccc(F)c1.CCC(O)c1cccc(F)c1.CCCC(CC)c1cccc(F)c1.CCP(C)(C)=O.O=Cc1cccc(F)c1. The molecule has 0 aromatic heterocycles. The Morgan fingerprint density at radius 3 is 1.53 bits per heavy atom. The molecule has 0 fully saturated rings. The molecule has 0 radical (unpaired) electrons. The highest BCUT2D eigenvalue weighted by molar-refractivity contribution is 7.62. The van der Waals surface area contributed by atoms with Gasteiger partial charge in [0.25, 0.3) is 0 Å². The molecule has 0 amide bonds. The zero-order valence-corrected chi connectivity index (χ0v) is 31.2. The third-order valence-corrected chi connectivity index (χ3v) is 8.81. The second kappa shape index (κ2) is 27.8. The van der Waals surface area contributed by atoms with Gasteiger partial charge in [-0.2, -0.15) is 0 Å². The Hall–Kier alpha value is -3.87. The number of Topliss-reactive ketones (excluding diaryl/α,β-unsaturated/α-hetero) is 1. The molecule has 0 saturated carbocycles. The highest BCUT2D eigenvalue weighted by Crippen LogP contribution is 2.34. The van der Waals surface area contributed by atoms with Gasteiger partial charge in [0, 0.05) is 17.5 Å². The van der Waals surface area contributed by atoms with Crippen molar-refractivity contribution in [3.8, 4) is 0 Å². The monoisotopic (exact) mass is 732 g/mol. The third-order valence-electron chi connectivity index (χ3n) is 7.28. The van der Waals surface area contributed by atoms with Gasteiger partial charge in [-0.25, -0.2) is 17.6 Å². The summed E-state index contributed by atoms with van der Waals surface area (Å²) in [5.74, 6) is -0.642. The predicted octanol–water partition coefficient (Wildman–Crippen LogP) is 12.7. The molecule has 2 atom stereocenters. The van der Waals surface area contributed by atoms with E-state index < -0.39 is 13.2 Å². The Bertz CT molecular complexity index is 1590. The summed E-state index contributed by atoms with van der Waals surface area (Å²) >= 11 is 0. The van der Waals surface area contributed by atoms with Crippen LogP contribution in [0.4, 0.5) is 17.6 Å². The summed E-state index contributed by atoms with van der Waals surface area (Å²) in [6, 6.07) is 24.3. The van der Waals surface area contributed by atoms with E-state index in [2.05, 4.69) is 13.8 Å². The number of halogens is 4. The molecule has 282 valence electrons. The largest absolute Gasteiger partial charge is 0.388 e. The van der Waals surface area contributed by atoms with Gasteiger partial charge in [-0.05, 0) is 104 Å². The van der Waals surface area contributed by atoms with E-state index in [1.165, 1.54) is 54.6 Å². The van der Waals surface area contributed by atoms with Crippen LogP contribution in [0.1, 0.15) is 118 Å². The number of aliphatic hydroxyl groups is 1. The van der Waals surface area contributed by atoms with Gasteiger partial charge in [0.15, 0.2) is 5.78 Å². The van der Waals surface area contributed by atoms with E-state index in [4.69, 9.17) is 0 Å². The van der Waals surface area contributed by atoms with Gasteiger partial charge in [0.05, 0.1) is 13.2 Å². The van der Waals surface area contributed by atoms with Crippen molar-refractivity contribution >= 4 is 19.2 Å². The number of hydrogen-bond acceptors (Lipinski definition) is 4. The van der Waals surface area contributed by atoms with Crippen LogP contribution in [0.3, 0.4) is 0 Å². The molecule has 0 aliphatic carbocycles. The Kier molecular flexibility index (Phi) is 26.8. The van der Waals surface area contributed by atoms with Crippen molar-refractivity contribution in [3.05, 3.63) is 143 Å². The summed E-state index contributed by atoms with van der Waals surface area (Å²) in [5, 5.41) is 9.29. The van der Waals surface area contributed by atoms with E-state index >= 15 is 0 Å². The summed E-state index contributed by atoms with van der Waals surface area (Å²) in [7, 11) is -1.65. The molecule has 0 heterocycles. The number of hydrogen-bond donors (Lipinski definition) is 1. The number of rotatable bonds is 10. The lowest BCUT2D eigenvalue weighted by atomic mass is 9.92. The average Bonchev–Trinajstić information content (AvgIpc) is 3.10. The fraction of sp³-hybridized carbons (Fsp3) is 0.381. The number of benzene rings is 4. The zero-order chi connectivity index (χ0) is 38.1. The van der Waals surface area contributed by atoms with E-state index in [0.29, 0.717) is 41.7 Å². The number of aldehydes is 1. The van der Waals surface area contributed by atoms with Gasteiger partial charge >= 0.3 is 0 Å². The van der Waals surface area contributed by atoms with Gasteiger partial charge in [0.2, 0.25) is 0 Å². The Labute approximate surface area is 303 Å². The summed E-state index contributed by atoms with van der Waals surface area (Å²) in [6.07, 6.45) is 5.35. The van der Waals surface area contributed by atoms with Crippen LogP contribution in [0.25, 0.3) is 0 Å². The standard InChI is InChI=1S/C12H17F.C9H11FO.C9H9FO.C7H5FO.C4H11OP.CH4/c1-3-6-10(4-2)11-7-5-8-12(13)9-11;2*1-2-9(11)7-4-3-5-8(10)6-7;8-7-3-1-2-6(4-7)5-9;1-4-6(2,3)5;/h5,7-10H,3-4,6H2,1-2H3;3-6,9,11H,2H2,1H3;3-6H,2H2,1H3;1-5H;4H2,1-3H3;1H4. The second-order valence-corrected chi connectivity index (χ2v) is 15.6. The summed E-state index contributed by atoms with van der Waals surface area (Å²) in [6.45, 7) is 13.5. The molecule has 4 aromatic rings. The molecule has 51 heavy (non-hydrogen) atoms. The van der Waals surface area contributed by atoms with Crippen molar-refractivity contribution in [2.75, 3.05) is 19.5 Å². The minimum atomic E-state index is -1.65. The number of aliphatic hydroxyl groups excluding tert-OH is 1. The molecule has 0 aliphatic rings. The first kappa shape index (κ1) is 49.2. The Balaban J connectivity index is 0. The van der Waals surface area contributed by atoms with Crippen LogP contribution < -0.4 is 0 Å². The van der Waals surface area contributed by atoms with Gasteiger partial charge in [0.1, 0.15) is 29.6 Å². The van der Waals surface area contributed by atoms with Crippen molar-refractivity contribution < 1.29 is 36.8 Å². The number of carbonyl (C=O) groups is 2. The molecule has 1 N–H and O–H groups in total. The van der Waals surface area contributed by atoms with E-state index in [9.17, 15) is 36.8 Å². The minimum absolute atomic E-state index is 0. The van der Waals surface area contributed by atoms with Crippen LogP contribution in [-0.2, 0) is 4.57 Å². The molecule has 4 aromatic carbocycles. The van der Waals surface area contributed by atoms with Crippen LogP contribution in [0.5, 0.6) is 0 Å². The lowest BCUT2D eigenvalue weighted by molar-refractivity contribution is 0.0987.